The number of aromatic nitrogens is 1. The molecule has 1 heterocycles. The highest BCUT2D eigenvalue weighted by Crippen LogP contribution is 2.10. The Kier molecular flexibility index (Phi) is 3.76. The van der Waals surface area contributed by atoms with E-state index in [-0.39, 0.29) is 0 Å². The Morgan fingerprint density at radius 3 is 2.71 bits per heavy atom. The Morgan fingerprint density at radius 1 is 1.12 bits per heavy atom. The van der Waals surface area contributed by atoms with Crippen molar-refractivity contribution >= 4 is 5.69 Å². The van der Waals surface area contributed by atoms with E-state index in [1.54, 1.807) is 0 Å². The van der Waals surface area contributed by atoms with Gasteiger partial charge in [-0.05, 0) is 43.5 Å². The van der Waals surface area contributed by atoms with Crippen LogP contribution in [-0.4, -0.2) is 11.5 Å². The van der Waals surface area contributed by atoms with E-state index in [1.807, 2.05) is 19.2 Å². The molecular weight excluding hydrogens is 208 g/mol. The van der Waals surface area contributed by atoms with Gasteiger partial charge in [-0.15, -0.1) is 0 Å². The highest BCUT2D eigenvalue weighted by molar-refractivity contribution is 5.43. The summed E-state index contributed by atoms with van der Waals surface area (Å²) in [6.07, 6.45) is 2.89. The number of pyridine rings is 1. The van der Waals surface area contributed by atoms with E-state index in [4.69, 9.17) is 0 Å². The van der Waals surface area contributed by atoms with Gasteiger partial charge in [-0.1, -0.05) is 24.3 Å². The zero-order valence-corrected chi connectivity index (χ0v) is 10.4. The van der Waals surface area contributed by atoms with Gasteiger partial charge in [-0.25, -0.2) is 0 Å². The van der Waals surface area contributed by atoms with E-state index in [0.29, 0.717) is 0 Å². The first-order chi connectivity index (χ1) is 8.25. The lowest BCUT2D eigenvalue weighted by Gasteiger charge is -2.08. The number of nitrogens with one attached hydrogen (secondary N) is 1. The van der Waals surface area contributed by atoms with Crippen molar-refractivity contribution in [3.05, 3.63) is 59.4 Å². The Bertz CT molecular complexity index is 492. The van der Waals surface area contributed by atoms with Gasteiger partial charge < -0.3 is 5.32 Å². The van der Waals surface area contributed by atoms with Gasteiger partial charge in [0.05, 0.1) is 0 Å². The first kappa shape index (κ1) is 11.6. The third-order valence-corrected chi connectivity index (χ3v) is 2.88. The molecule has 1 N–H and O–H groups in total. The van der Waals surface area contributed by atoms with Crippen LogP contribution in [0, 0.1) is 13.8 Å². The summed E-state index contributed by atoms with van der Waals surface area (Å²) in [6, 6.07) is 12.6. The molecule has 0 fully saturated rings. The van der Waals surface area contributed by atoms with E-state index in [1.165, 1.54) is 11.1 Å². The van der Waals surface area contributed by atoms with Crippen molar-refractivity contribution in [2.45, 2.75) is 20.3 Å². The van der Waals surface area contributed by atoms with E-state index in [0.717, 1.165) is 24.3 Å². The molecule has 17 heavy (non-hydrogen) atoms. The van der Waals surface area contributed by atoms with Crippen molar-refractivity contribution in [1.82, 2.24) is 4.98 Å². The first-order valence-corrected chi connectivity index (χ1v) is 5.97. The lowest BCUT2D eigenvalue weighted by molar-refractivity contribution is 1.00. The molecule has 0 saturated carbocycles. The molecule has 0 aliphatic carbocycles. The molecule has 0 bridgehead atoms. The molecule has 0 amide bonds. The van der Waals surface area contributed by atoms with Gasteiger partial charge >= 0.3 is 0 Å². The van der Waals surface area contributed by atoms with Crippen LogP contribution in [0.5, 0.6) is 0 Å². The summed E-state index contributed by atoms with van der Waals surface area (Å²) in [5.74, 6) is 0. The molecule has 2 aromatic rings. The molecule has 2 rings (SSSR count). The molecule has 1 aromatic carbocycles. The molecule has 0 unspecified atom stereocenters. The van der Waals surface area contributed by atoms with Crippen LogP contribution in [0.4, 0.5) is 5.69 Å². The number of hydrogen-bond donors (Lipinski definition) is 1. The molecule has 0 radical (unpaired) electrons. The highest BCUT2D eigenvalue weighted by atomic mass is 14.9. The molecule has 0 aliphatic rings. The van der Waals surface area contributed by atoms with Crippen LogP contribution in [-0.2, 0) is 6.42 Å². The Morgan fingerprint density at radius 2 is 1.94 bits per heavy atom. The van der Waals surface area contributed by atoms with E-state index >= 15 is 0 Å². The van der Waals surface area contributed by atoms with Gasteiger partial charge in [0.25, 0.3) is 0 Å². The Balaban J connectivity index is 1.90. The first-order valence-electron chi connectivity index (χ1n) is 5.97. The predicted octanol–water partition coefficient (Wildman–Crippen LogP) is 3.35. The fourth-order valence-corrected chi connectivity index (χ4v) is 1.89. The summed E-state index contributed by atoms with van der Waals surface area (Å²) >= 11 is 0. The minimum Gasteiger partial charge on any atom is -0.385 e. The lowest BCUT2D eigenvalue weighted by Crippen LogP contribution is -2.06. The summed E-state index contributed by atoms with van der Waals surface area (Å²) in [6.45, 7) is 5.12. The lowest BCUT2D eigenvalue weighted by atomic mass is 10.1. The number of anilines is 1. The van der Waals surface area contributed by atoms with Crippen LogP contribution in [0.25, 0.3) is 0 Å². The van der Waals surface area contributed by atoms with E-state index < -0.39 is 0 Å². The minimum atomic E-state index is 0.953. The summed E-state index contributed by atoms with van der Waals surface area (Å²) in [4.78, 5) is 4.18. The SMILES string of the molecule is Cc1cc(NCCc2ccccc2C)ccn1. The average Bonchev–Trinajstić information content (AvgIpc) is 2.32. The molecule has 88 valence electrons. The van der Waals surface area contributed by atoms with Crippen molar-refractivity contribution in [1.29, 1.82) is 0 Å². The molecule has 2 heteroatoms. The van der Waals surface area contributed by atoms with Crippen LogP contribution in [0.15, 0.2) is 42.6 Å². The molecule has 0 spiro atoms. The van der Waals surface area contributed by atoms with E-state index in [2.05, 4.69) is 47.6 Å². The molecular formula is C15H18N2. The number of aryl methyl sites for hydroxylation is 2. The second kappa shape index (κ2) is 5.48. The quantitative estimate of drug-likeness (QED) is 0.864. The third kappa shape index (κ3) is 3.31. The fraction of sp³-hybridized carbons (Fsp3) is 0.267. The summed E-state index contributed by atoms with van der Waals surface area (Å²) < 4.78 is 0. The summed E-state index contributed by atoms with van der Waals surface area (Å²) in [5, 5.41) is 3.42. The molecule has 2 nitrogen and oxygen atoms in total. The maximum atomic E-state index is 4.18. The maximum absolute atomic E-state index is 4.18. The summed E-state index contributed by atoms with van der Waals surface area (Å²) in [7, 11) is 0. The van der Waals surface area contributed by atoms with Crippen LogP contribution in [0.1, 0.15) is 16.8 Å². The van der Waals surface area contributed by atoms with Crippen LogP contribution in [0.3, 0.4) is 0 Å². The van der Waals surface area contributed by atoms with Crippen LogP contribution < -0.4 is 5.32 Å². The van der Waals surface area contributed by atoms with Gasteiger partial charge in [-0.2, -0.15) is 0 Å². The van der Waals surface area contributed by atoms with E-state index in [9.17, 15) is 0 Å². The summed E-state index contributed by atoms with van der Waals surface area (Å²) in [5.41, 5.74) is 4.96. The smallest absolute Gasteiger partial charge is 0.0393 e. The minimum absolute atomic E-state index is 0.953. The van der Waals surface area contributed by atoms with Gasteiger partial charge in [-0.3, -0.25) is 4.98 Å². The van der Waals surface area contributed by atoms with Crippen LogP contribution >= 0.6 is 0 Å². The second-order valence-electron chi connectivity index (χ2n) is 4.29. The van der Waals surface area contributed by atoms with Crippen molar-refractivity contribution in [3.63, 3.8) is 0 Å². The van der Waals surface area contributed by atoms with Crippen molar-refractivity contribution in [2.75, 3.05) is 11.9 Å². The van der Waals surface area contributed by atoms with Gasteiger partial charge in [0.2, 0.25) is 0 Å². The zero-order valence-electron chi connectivity index (χ0n) is 10.4. The average molecular weight is 226 g/mol. The normalized spacial score (nSPS) is 10.2. The maximum Gasteiger partial charge on any atom is 0.0393 e. The zero-order chi connectivity index (χ0) is 12.1. The van der Waals surface area contributed by atoms with Gasteiger partial charge in [0, 0.05) is 24.1 Å². The Hall–Kier alpha value is -1.83. The number of benzene rings is 1. The van der Waals surface area contributed by atoms with Gasteiger partial charge in [0.15, 0.2) is 0 Å². The molecule has 0 atom stereocenters. The molecule has 1 aromatic heterocycles. The highest BCUT2D eigenvalue weighted by Gasteiger charge is 1.97. The third-order valence-electron chi connectivity index (χ3n) is 2.88. The van der Waals surface area contributed by atoms with Crippen molar-refractivity contribution < 1.29 is 0 Å². The largest absolute Gasteiger partial charge is 0.385 e. The number of rotatable bonds is 4. The number of nitrogens with zero attached hydrogens (tertiary/aromatic N) is 1. The number of hydrogen-bond acceptors (Lipinski definition) is 2. The predicted molar refractivity (Wildman–Crippen MR) is 72.3 cm³/mol. The standard InChI is InChI=1S/C15H18N2/c1-12-5-3-4-6-14(12)7-9-17-15-8-10-16-13(2)11-15/h3-6,8,10-11H,7,9H2,1-2H3,(H,16,17). The van der Waals surface area contributed by atoms with Gasteiger partial charge in [0.1, 0.15) is 0 Å². The molecule has 0 aliphatic heterocycles. The topological polar surface area (TPSA) is 24.9 Å². The monoisotopic (exact) mass is 226 g/mol. The second-order valence-corrected chi connectivity index (χ2v) is 4.29. The van der Waals surface area contributed by atoms with Crippen molar-refractivity contribution in [3.8, 4) is 0 Å². The molecule has 0 saturated heterocycles. The fourth-order valence-electron chi connectivity index (χ4n) is 1.89. The Labute approximate surface area is 103 Å². The van der Waals surface area contributed by atoms with Crippen molar-refractivity contribution in [2.24, 2.45) is 0 Å². The van der Waals surface area contributed by atoms with Crippen LogP contribution in [0.2, 0.25) is 0 Å².